The molecule has 0 saturated carbocycles. The third-order valence-corrected chi connectivity index (χ3v) is 4.17. The van der Waals surface area contributed by atoms with Crippen LogP contribution >= 0.6 is 0 Å². The number of hydrogen-bond donors (Lipinski definition) is 0. The summed E-state index contributed by atoms with van der Waals surface area (Å²) in [6.45, 7) is 7.89. The van der Waals surface area contributed by atoms with Gasteiger partial charge in [-0.3, -0.25) is 14.4 Å². The van der Waals surface area contributed by atoms with Crippen LogP contribution < -0.4 is 0 Å². The van der Waals surface area contributed by atoms with Gasteiger partial charge in [-0.2, -0.15) is 0 Å². The normalized spacial score (nSPS) is 11.7. The van der Waals surface area contributed by atoms with Crippen LogP contribution in [0.5, 0.6) is 0 Å². The summed E-state index contributed by atoms with van der Waals surface area (Å²) in [5.41, 5.74) is 1.77. The topological polar surface area (TPSA) is 78.9 Å². The van der Waals surface area contributed by atoms with Crippen LogP contribution in [0.3, 0.4) is 0 Å². The van der Waals surface area contributed by atoms with Crippen molar-refractivity contribution in [3.8, 4) is 0 Å². The summed E-state index contributed by atoms with van der Waals surface area (Å²) in [6.07, 6.45) is 1.42. The quantitative estimate of drug-likeness (QED) is 0.334. The Hall–Kier alpha value is -2.37. The Balaban J connectivity index is 2.92. The van der Waals surface area contributed by atoms with E-state index in [0.717, 1.165) is 11.1 Å². The molecule has 0 aliphatic heterocycles. The van der Waals surface area contributed by atoms with Gasteiger partial charge in [0.15, 0.2) is 5.92 Å². The number of rotatable bonds is 11. The van der Waals surface area contributed by atoms with Crippen LogP contribution in [0.1, 0.15) is 45.2 Å². The van der Waals surface area contributed by atoms with Crippen molar-refractivity contribution in [1.82, 2.24) is 0 Å². The molecule has 0 fully saturated rings. The number of benzene rings is 1. The largest absolute Gasteiger partial charge is 0.466 e. The molecular weight excluding hydrogens is 348 g/mol. The van der Waals surface area contributed by atoms with Crippen molar-refractivity contribution in [2.45, 2.75) is 47.0 Å². The number of hydrogen-bond acceptors (Lipinski definition) is 6. The Labute approximate surface area is 161 Å². The Morgan fingerprint density at radius 1 is 0.778 bits per heavy atom. The molecule has 0 N–H and O–H groups in total. The molecular formula is C21H30O6. The molecule has 0 aliphatic carbocycles. The van der Waals surface area contributed by atoms with E-state index >= 15 is 0 Å². The summed E-state index contributed by atoms with van der Waals surface area (Å²) in [4.78, 5) is 36.3. The van der Waals surface area contributed by atoms with Crippen molar-refractivity contribution in [1.29, 1.82) is 0 Å². The highest BCUT2D eigenvalue weighted by Crippen LogP contribution is 2.18. The first-order valence-corrected chi connectivity index (χ1v) is 9.54. The van der Waals surface area contributed by atoms with E-state index in [2.05, 4.69) is 0 Å². The molecule has 1 aromatic carbocycles. The van der Waals surface area contributed by atoms with Crippen LogP contribution in [0, 0.1) is 11.8 Å². The van der Waals surface area contributed by atoms with Crippen LogP contribution in [0.2, 0.25) is 0 Å². The van der Waals surface area contributed by atoms with Gasteiger partial charge in [0.2, 0.25) is 0 Å². The molecule has 0 bridgehead atoms. The van der Waals surface area contributed by atoms with E-state index in [4.69, 9.17) is 14.2 Å². The lowest BCUT2D eigenvalue weighted by Crippen LogP contribution is -2.30. The lowest BCUT2D eigenvalue weighted by atomic mass is 9.93. The number of esters is 3. The van der Waals surface area contributed by atoms with Crippen LogP contribution in [-0.4, -0.2) is 37.7 Å². The van der Waals surface area contributed by atoms with Crippen LogP contribution in [-0.2, 0) is 41.4 Å². The van der Waals surface area contributed by atoms with Gasteiger partial charge in [-0.15, -0.1) is 0 Å². The van der Waals surface area contributed by atoms with Crippen LogP contribution in [0.15, 0.2) is 24.3 Å². The average molecular weight is 378 g/mol. The molecule has 0 saturated heterocycles. The fourth-order valence-electron chi connectivity index (χ4n) is 2.81. The SMILES string of the molecule is CCOC(=O)C(CC)Cc1cccc(CC(C(=O)OCC)C(=O)OCC)c1. The van der Waals surface area contributed by atoms with Gasteiger partial charge in [0, 0.05) is 0 Å². The van der Waals surface area contributed by atoms with Gasteiger partial charge in [-0.25, -0.2) is 0 Å². The van der Waals surface area contributed by atoms with Gasteiger partial charge in [-0.1, -0.05) is 31.2 Å². The third-order valence-electron chi connectivity index (χ3n) is 4.17. The number of ether oxygens (including phenoxy) is 3. The second-order valence-corrected chi connectivity index (χ2v) is 6.14. The van der Waals surface area contributed by atoms with Crippen molar-refractivity contribution in [2.75, 3.05) is 19.8 Å². The number of carbonyl (C=O) groups is 3. The van der Waals surface area contributed by atoms with Crippen molar-refractivity contribution in [3.05, 3.63) is 35.4 Å². The van der Waals surface area contributed by atoms with Crippen molar-refractivity contribution >= 4 is 17.9 Å². The zero-order chi connectivity index (χ0) is 20.2. The molecule has 1 aromatic rings. The molecule has 0 radical (unpaired) electrons. The maximum absolute atomic E-state index is 12.1. The van der Waals surface area contributed by atoms with E-state index in [-0.39, 0.29) is 31.5 Å². The van der Waals surface area contributed by atoms with Crippen molar-refractivity contribution in [3.63, 3.8) is 0 Å². The lowest BCUT2D eigenvalue weighted by Gasteiger charge is -2.16. The molecule has 0 amide bonds. The summed E-state index contributed by atoms with van der Waals surface area (Å²) in [7, 11) is 0. The second kappa shape index (κ2) is 12.1. The summed E-state index contributed by atoms with van der Waals surface area (Å²) < 4.78 is 15.1. The minimum atomic E-state index is -0.993. The highest BCUT2D eigenvalue weighted by molar-refractivity contribution is 5.95. The zero-order valence-corrected chi connectivity index (χ0v) is 16.7. The van der Waals surface area contributed by atoms with E-state index in [1.165, 1.54) is 0 Å². The van der Waals surface area contributed by atoms with Gasteiger partial charge in [0.1, 0.15) is 0 Å². The molecule has 1 unspecified atom stereocenters. The fourth-order valence-corrected chi connectivity index (χ4v) is 2.81. The number of carbonyl (C=O) groups excluding carboxylic acids is 3. The van der Waals surface area contributed by atoms with E-state index in [1.54, 1.807) is 20.8 Å². The highest BCUT2D eigenvalue weighted by Gasteiger charge is 2.30. The molecule has 6 nitrogen and oxygen atoms in total. The molecule has 150 valence electrons. The average Bonchev–Trinajstić information content (AvgIpc) is 2.65. The minimum Gasteiger partial charge on any atom is -0.466 e. The standard InChI is InChI=1S/C21H30O6/c1-5-17(19(22)25-6-2)13-15-10-9-11-16(12-15)14-18(20(23)26-7-3)21(24)27-8-4/h9-12,17-18H,5-8,13-14H2,1-4H3. The highest BCUT2D eigenvalue weighted by atomic mass is 16.6. The maximum Gasteiger partial charge on any atom is 0.320 e. The molecule has 0 aliphatic rings. The van der Waals surface area contributed by atoms with Gasteiger partial charge in [-0.05, 0) is 51.2 Å². The van der Waals surface area contributed by atoms with E-state index in [1.807, 2.05) is 31.2 Å². The van der Waals surface area contributed by atoms with Crippen LogP contribution in [0.25, 0.3) is 0 Å². The first-order chi connectivity index (χ1) is 13.0. The maximum atomic E-state index is 12.1. The fraction of sp³-hybridized carbons (Fsp3) is 0.571. The Morgan fingerprint density at radius 3 is 1.74 bits per heavy atom. The molecule has 1 atom stereocenters. The molecule has 6 heteroatoms. The van der Waals surface area contributed by atoms with Gasteiger partial charge >= 0.3 is 17.9 Å². The molecule has 0 aromatic heterocycles. The Kier molecular flexibility index (Phi) is 10.2. The van der Waals surface area contributed by atoms with Gasteiger partial charge in [0.25, 0.3) is 0 Å². The first kappa shape index (κ1) is 22.7. The molecule has 1 rings (SSSR count). The second-order valence-electron chi connectivity index (χ2n) is 6.14. The van der Waals surface area contributed by atoms with Crippen molar-refractivity contribution in [2.24, 2.45) is 11.8 Å². The van der Waals surface area contributed by atoms with Crippen LogP contribution in [0.4, 0.5) is 0 Å². The predicted molar refractivity (Wildman–Crippen MR) is 101 cm³/mol. The smallest absolute Gasteiger partial charge is 0.320 e. The lowest BCUT2D eigenvalue weighted by molar-refractivity contribution is -0.161. The summed E-state index contributed by atoms with van der Waals surface area (Å²) in [5, 5.41) is 0. The zero-order valence-electron chi connectivity index (χ0n) is 16.7. The predicted octanol–water partition coefficient (Wildman–Crippen LogP) is 3.10. The van der Waals surface area contributed by atoms with E-state index in [0.29, 0.717) is 19.4 Å². The molecule has 0 heterocycles. The summed E-state index contributed by atoms with van der Waals surface area (Å²) >= 11 is 0. The van der Waals surface area contributed by atoms with Gasteiger partial charge in [0.05, 0.1) is 25.7 Å². The minimum absolute atomic E-state index is 0.196. The van der Waals surface area contributed by atoms with Gasteiger partial charge < -0.3 is 14.2 Å². The Morgan fingerprint density at radius 2 is 1.26 bits per heavy atom. The Bertz CT molecular complexity index is 607. The van der Waals surface area contributed by atoms with E-state index < -0.39 is 17.9 Å². The first-order valence-electron chi connectivity index (χ1n) is 9.54. The summed E-state index contributed by atoms with van der Waals surface area (Å²) in [6, 6.07) is 7.54. The van der Waals surface area contributed by atoms with Crippen molar-refractivity contribution < 1.29 is 28.6 Å². The monoisotopic (exact) mass is 378 g/mol. The van der Waals surface area contributed by atoms with E-state index in [9.17, 15) is 14.4 Å². The molecule has 27 heavy (non-hydrogen) atoms. The molecule has 0 spiro atoms. The third kappa shape index (κ3) is 7.41. The summed E-state index contributed by atoms with van der Waals surface area (Å²) in [5.74, 6) is -2.58.